The van der Waals surface area contributed by atoms with E-state index in [2.05, 4.69) is 18.3 Å². The van der Waals surface area contributed by atoms with E-state index in [9.17, 15) is 18.5 Å². The highest BCUT2D eigenvalue weighted by Crippen LogP contribution is 2.27. The molecule has 1 aromatic heterocycles. The SMILES string of the molecule is CC(CNc1ccc([N+](=O)[O-])c(S(C)(=O)=O)c1)Cc1cccs1. The zero-order chi connectivity index (χ0) is 17.0. The molecule has 8 heteroatoms. The molecule has 1 heterocycles. The van der Waals surface area contributed by atoms with Gasteiger partial charge in [-0.3, -0.25) is 10.1 Å². The molecule has 0 amide bonds. The largest absolute Gasteiger partial charge is 0.385 e. The molecule has 0 aliphatic rings. The Morgan fingerprint density at radius 3 is 2.65 bits per heavy atom. The molecule has 0 aliphatic heterocycles. The maximum Gasteiger partial charge on any atom is 0.288 e. The number of rotatable bonds is 7. The number of sulfone groups is 1. The number of nitrogens with zero attached hydrogens (tertiary/aromatic N) is 1. The maximum atomic E-state index is 11.7. The Labute approximate surface area is 139 Å². The molecule has 0 bridgehead atoms. The van der Waals surface area contributed by atoms with Gasteiger partial charge in [-0.1, -0.05) is 13.0 Å². The Morgan fingerprint density at radius 1 is 1.35 bits per heavy atom. The van der Waals surface area contributed by atoms with Gasteiger partial charge in [0.2, 0.25) is 0 Å². The van der Waals surface area contributed by atoms with Gasteiger partial charge in [-0.05, 0) is 35.9 Å². The van der Waals surface area contributed by atoms with Crippen molar-refractivity contribution in [3.63, 3.8) is 0 Å². The van der Waals surface area contributed by atoms with Crippen LogP contribution in [0.4, 0.5) is 11.4 Å². The van der Waals surface area contributed by atoms with E-state index in [1.807, 2.05) is 11.4 Å². The topological polar surface area (TPSA) is 89.3 Å². The molecule has 0 saturated heterocycles. The van der Waals surface area contributed by atoms with E-state index >= 15 is 0 Å². The second-order valence-electron chi connectivity index (χ2n) is 5.48. The Morgan fingerprint density at radius 2 is 2.09 bits per heavy atom. The van der Waals surface area contributed by atoms with Crippen LogP contribution in [0.5, 0.6) is 0 Å². The molecule has 23 heavy (non-hydrogen) atoms. The summed E-state index contributed by atoms with van der Waals surface area (Å²) in [4.78, 5) is 11.3. The summed E-state index contributed by atoms with van der Waals surface area (Å²) in [6, 6.07) is 8.17. The van der Waals surface area contributed by atoms with Crippen LogP contribution in [0.2, 0.25) is 0 Å². The van der Waals surface area contributed by atoms with Gasteiger partial charge in [0.15, 0.2) is 9.84 Å². The average Bonchev–Trinajstić information content (AvgIpc) is 2.96. The van der Waals surface area contributed by atoms with E-state index in [1.165, 1.54) is 23.1 Å². The van der Waals surface area contributed by atoms with Gasteiger partial charge in [0.1, 0.15) is 4.90 Å². The van der Waals surface area contributed by atoms with Crippen molar-refractivity contribution in [2.75, 3.05) is 18.1 Å². The van der Waals surface area contributed by atoms with Crippen LogP contribution in [-0.2, 0) is 16.3 Å². The number of nitrogens with one attached hydrogen (secondary N) is 1. The predicted molar refractivity (Wildman–Crippen MR) is 91.9 cm³/mol. The first-order valence-electron chi connectivity index (χ1n) is 7.02. The fourth-order valence-corrected chi connectivity index (χ4v) is 3.94. The molecule has 1 unspecified atom stereocenters. The van der Waals surface area contributed by atoms with Crippen molar-refractivity contribution in [2.45, 2.75) is 18.2 Å². The monoisotopic (exact) mass is 354 g/mol. The van der Waals surface area contributed by atoms with Crippen molar-refractivity contribution in [1.29, 1.82) is 0 Å². The molecule has 1 aromatic carbocycles. The van der Waals surface area contributed by atoms with E-state index in [4.69, 9.17) is 0 Å². The minimum Gasteiger partial charge on any atom is -0.385 e. The number of benzene rings is 1. The number of hydrogen-bond acceptors (Lipinski definition) is 6. The van der Waals surface area contributed by atoms with Crippen LogP contribution in [0.1, 0.15) is 11.8 Å². The third-order valence-electron chi connectivity index (χ3n) is 3.34. The molecule has 2 rings (SSSR count). The van der Waals surface area contributed by atoms with E-state index in [0.29, 0.717) is 18.2 Å². The molecule has 6 nitrogen and oxygen atoms in total. The summed E-state index contributed by atoms with van der Waals surface area (Å²) in [6.45, 7) is 2.74. The lowest BCUT2D eigenvalue weighted by Crippen LogP contribution is -2.13. The van der Waals surface area contributed by atoms with E-state index in [0.717, 1.165) is 12.7 Å². The highest BCUT2D eigenvalue weighted by molar-refractivity contribution is 7.90. The first-order chi connectivity index (χ1) is 10.8. The number of nitro benzene ring substituents is 1. The molecule has 2 aromatic rings. The van der Waals surface area contributed by atoms with E-state index in [-0.39, 0.29) is 4.90 Å². The molecular weight excluding hydrogens is 336 g/mol. The Hall–Kier alpha value is -1.93. The second-order valence-corrected chi connectivity index (χ2v) is 8.50. The van der Waals surface area contributed by atoms with E-state index < -0.39 is 20.4 Å². The molecule has 0 spiro atoms. The standard InChI is InChI=1S/C15H18N2O4S2/c1-11(8-13-4-3-7-22-13)10-16-12-5-6-14(17(18)19)15(9-12)23(2,20)21/h3-7,9,11,16H,8,10H2,1-2H3. The third kappa shape index (κ3) is 4.77. The fraction of sp³-hybridized carbons (Fsp3) is 0.333. The molecule has 124 valence electrons. The molecule has 0 aliphatic carbocycles. The molecule has 0 saturated carbocycles. The predicted octanol–water partition coefficient (Wildman–Crippen LogP) is 3.35. The van der Waals surface area contributed by atoms with Crippen molar-refractivity contribution >= 4 is 32.5 Å². The average molecular weight is 354 g/mol. The minimum atomic E-state index is -3.66. The summed E-state index contributed by atoms with van der Waals surface area (Å²) in [7, 11) is -3.66. The molecule has 1 N–H and O–H groups in total. The van der Waals surface area contributed by atoms with Crippen molar-refractivity contribution in [1.82, 2.24) is 0 Å². The number of thiophene rings is 1. The van der Waals surface area contributed by atoms with Crippen LogP contribution in [0, 0.1) is 16.0 Å². The Balaban J connectivity index is 2.10. The number of nitro groups is 1. The van der Waals surface area contributed by atoms with Crippen LogP contribution in [0.25, 0.3) is 0 Å². The molecular formula is C15H18N2O4S2. The summed E-state index contributed by atoms with van der Waals surface area (Å²) < 4.78 is 23.5. The van der Waals surface area contributed by atoms with Gasteiger partial charge in [-0.15, -0.1) is 11.3 Å². The van der Waals surface area contributed by atoms with Crippen molar-refractivity contribution in [3.05, 3.63) is 50.7 Å². The lowest BCUT2D eigenvalue weighted by Gasteiger charge is -2.13. The van der Waals surface area contributed by atoms with Gasteiger partial charge < -0.3 is 5.32 Å². The summed E-state index contributed by atoms with van der Waals surface area (Å²) in [5, 5.41) is 16.1. The third-order valence-corrected chi connectivity index (χ3v) is 5.37. The number of hydrogen-bond donors (Lipinski definition) is 1. The van der Waals surface area contributed by atoms with Crippen LogP contribution in [0.3, 0.4) is 0 Å². The highest BCUT2D eigenvalue weighted by Gasteiger charge is 2.22. The van der Waals surface area contributed by atoms with Crippen LogP contribution in [0.15, 0.2) is 40.6 Å². The second kappa shape index (κ2) is 7.10. The zero-order valence-corrected chi connectivity index (χ0v) is 14.5. The smallest absolute Gasteiger partial charge is 0.288 e. The normalized spacial score (nSPS) is 12.8. The molecule has 0 fully saturated rings. The van der Waals surface area contributed by atoms with Gasteiger partial charge in [-0.2, -0.15) is 0 Å². The van der Waals surface area contributed by atoms with E-state index in [1.54, 1.807) is 11.3 Å². The quantitative estimate of drug-likeness (QED) is 0.608. The summed E-state index contributed by atoms with van der Waals surface area (Å²) in [5.41, 5.74) is 0.165. The lowest BCUT2D eigenvalue weighted by atomic mass is 10.1. The van der Waals surface area contributed by atoms with Crippen molar-refractivity contribution in [2.24, 2.45) is 5.92 Å². The summed E-state index contributed by atoms with van der Waals surface area (Å²) >= 11 is 1.70. The van der Waals surface area contributed by atoms with Crippen LogP contribution >= 0.6 is 11.3 Å². The van der Waals surface area contributed by atoms with Crippen LogP contribution < -0.4 is 5.32 Å². The van der Waals surface area contributed by atoms with Crippen LogP contribution in [-0.4, -0.2) is 26.1 Å². The van der Waals surface area contributed by atoms with Gasteiger partial charge in [-0.25, -0.2) is 8.42 Å². The van der Waals surface area contributed by atoms with Gasteiger partial charge >= 0.3 is 0 Å². The first kappa shape index (κ1) is 17.4. The van der Waals surface area contributed by atoms with Crippen molar-refractivity contribution in [3.8, 4) is 0 Å². The highest BCUT2D eigenvalue weighted by atomic mass is 32.2. The molecule has 1 atom stereocenters. The summed E-state index contributed by atoms with van der Waals surface area (Å²) in [6.07, 6.45) is 1.90. The maximum absolute atomic E-state index is 11.7. The zero-order valence-electron chi connectivity index (χ0n) is 12.9. The summed E-state index contributed by atoms with van der Waals surface area (Å²) in [5.74, 6) is 0.352. The molecule has 0 radical (unpaired) electrons. The minimum absolute atomic E-state index is 0.265. The van der Waals surface area contributed by atoms with Crippen molar-refractivity contribution < 1.29 is 13.3 Å². The fourth-order valence-electron chi connectivity index (χ4n) is 2.21. The van der Waals surface area contributed by atoms with Gasteiger partial charge in [0.05, 0.1) is 4.92 Å². The van der Waals surface area contributed by atoms with Gasteiger partial charge in [0.25, 0.3) is 5.69 Å². The lowest BCUT2D eigenvalue weighted by molar-refractivity contribution is -0.387. The Kier molecular flexibility index (Phi) is 5.38. The first-order valence-corrected chi connectivity index (χ1v) is 9.79. The Bertz CT molecular complexity index is 786. The number of anilines is 1. The van der Waals surface area contributed by atoms with Gasteiger partial charge in [0, 0.05) is 29.4 Å².